The maximum atomic E-state index is 12.3. The summed E-state index contributed by atoms with van der Waals surface area (Å²) < 4.78 is 27.6. The van der Waals surface area contributed by atoms with E-state index in [0.29, 0.717) is 18.9 Å². The first-order chi connectivity index (χ1) is 8.10. The van der Waals surface area contributed by atoms with Gasteiger partial charge in [-0.15, -0.1) is 0 Å². The van der Waals surface area contributed by atoms with Crippen LogP contribution in [0.25, 0.3) is 0 Å². The molecule has 1 aromatic heterocycles. The van der Waals surface area contributed by atoms with E-state index < -0.39 is 10.0 Å². The number of aromatic nitrogens is 2. The first-order valence-electron chi connectivity index (χ1n) is 5.76. The summed E-state index contributed by atoms with van der Waals surface area (Å²) >= 11 is 0. The van der Waals surface area contributed by atoms with Gasteiger partial charge in [0.2, 0.25) is 0 Å². The van der Waals surface area contributed by atoms with Crippen LogP contribution in [0.3, 0.4) is 0 Å². The fourth-order valence-corrected chi connectivity index (χ4v) is 2.94. The van der Waals surface area contributed by atoms with Crippen LogP contribution in [0.15, 0.2) is 11.2 Å². The van der Waals surface area contributed by atoms with Crippen LogP contribution >= 0.6 is 0 Å². The summed E-state index contributed by atoms with van der Waals surface area (Å²) in [6, 6.07) is 0. The highest BCUT2D eigenvalue weighted by Gasteiger charge is 2.29. The molecule has 0 radical (unpaired) electrons. The summed E-state index contributed by atoms with van der Waals surface area (Å²) in [5.41, 5.74) is 5.37. The number of hydrogen-bond donors (Lipinski definition) is 1. The molecule has 1 heterocycles. The highest BCUT2D eigenvalue weighted by atomic mass is 32.2. The normalized spacial score (nSPS) is 13.3. The summed E-state index contributed by atoms with van der Waals surface area (Å²) in [6.07, 6.45) is 1.52. The lowest BCUT2D eigenvalue weighted by Crippen LogP contribution is -2.39. The lowest BCUT2D eigenvalue weighted by Gasteiger charge is -2.27. The predicted octanol–water partition coefficient (Wildman–Crippen LogP) is 0.334. The van der Waals surface area contributed by atoms with Gasteiger partial charge in [0.15, 0.2) is 5.03 Å². The molecular weight excluding hydrogens is 252 g/mol. The highest BCUT2D eigenvalue weighted by Crippen LogP contribution is 2.19. The number of hydrogen-bond acceptors (Lipinski definition) is 4. The molecule has 0 aliphatic rings. The number of rotatable bonds is 5. The van der Waals surface area contributed by atoms with Crippen LogP contribution in [0.4, 0.5) is 0 Å². The Morgan fingerprint density at radius 1 is 1.50 bits per heavy atom. The molecule has 0 saturated heterocycles. The molecule has 7 heteroatoms. The number of imidazole rings is 1. The molecule has 104 valence electrons. The lowest BCUT2D eigenvalue weighted by atomic mass is 9.94. The average Bonchev–Trinajstić information content (AvgIpc) is 2.59. The maximum Gasteiger partial charge on any atom is 0.261 e. The van der Waals surface area contributed by atoms with Gasteiger partial charge >= 0.3 is 0 Å². The Labute approximate surface area is 109 Å². The molecule has 0 saturated carbocycles. The largest absolute Gasteiger partial charge is 0.337 e. The fraction of sp³-hybridized carbons (Fsp3) is 0.727. The van der Waals surface area contributed by atoms with Crippen LogP contribution in [-0.2, 0) is 17.1 Å². The smallest absolute Gasteiger partial charge is 0.261 e. The second-order valence-corrected chi connectivity index (χ2v) is 7.36. The molecule has 18 heavy (non-hydrogen) atoms. The Balaban J connectivity index is 3.00. The highest BCUT2D eigenvalue weighted by molar-refractivity contribution is 7.89. The SMILES string of the molecule is Cc1nc(S(=O)(=O)N(C)CC(C)(C)CN)cn1C. The third-order valence-electron chi connectivity index (χ3n) is 2.96. The van der Waals surface area contributed by atoms with Gasteiger partial charge in [0.25, 0.3) is 10.0 Å². The molecule has 0 unspecified atom stereocenters. The maximum absolute atomic E-state index is 12.3. The second-order valence-electron chi connectivity index (χ2n) is 5.37. The monoisotopic (exact) mass is 274 g/mol. The van der Waals surface area contributed by atoms with Crippen molar-refractivity contribution >= 4 is 10.0 Å². The number of nitrogens with zero attached hydrogens (tertiary/aromatic N) is 3. The summed E-state index contributed by atoms with van der Waals surface area (Å²) in [6.45, 7) is 6.42. The number of nitrogens with two attached hydrogens (primary N) is 1. The zero-order valence-corrected chi connectivity index (χ0v) is 12.5. The van der Waals surface area contributed by atoms with Crippen LogP contribution in [0.5, 0.6) is 0 Å². The van der Waals surface area contributed by atoms with Crippen molar-refractivity contribution in [2.45, 2.75) is 25.8 Å². The molecular formula is C11H22N4O2S. The van der Waals surface area contributed by atoms with E-state index in [0.717, 1.165) is 0 Å². The zero-order chi connectivity index (χ0) is 14.1. The van der Waals surface area contributed by atoms with E-state index in [9.17, 15) is 8.42 Å². The van der Waals surface area contributed by atoms with Gasteiger partial charge in [-0.3, -0.25) is 0 Å². The third-order valence-corrected chi connectivity index (χ3v) is 4.64. The molecule has 1 rings (SSSR count). The van der Waals surface area contributed by atoms with Crippen molar-refractivity contribution in [3.05, 3.63) is 12.0 Å². The average molecular weight is 274 g/mol. The number of aryl methyl sites for hydroxylation is 2. The van der Waals surface area contributed by atoms with E-state index in [1.807, 2.05) is 13.8 Å². The van der Waals surface area contributed by atoms with Gasteiger partial charge in [0.1, 0.15) is 5.82 Å². The summed E-state index contributed by atoms with van der Waals surface area (Å²) in [4.78, 5) is 4.06. The summed E-state index contributed by atoms with van der Waals surface area (Å²) in [5, 5.41) is 0.0813. The summed E-state index contributed by atoms with van der Waals surface area (Å²) in [7, 11) is -0.217. The minimum absolute atomic E-state index is 0.0813. The summed E-state index contributed by atoms with van der Waals surface area (Å²) in [5.74, 6) is 0.667. The zero-order valence-electron chi connectivity index (χ0n) is 11.6. The Bertz CT molecular complexity index is 500. The van der Waals surface area contributed by atoms with E-state index >= 15 is 0 Å². The van der Waals surface area contributed by atoms with Crippen molar-refractivity contribution in [1.82, 2.24) is 13.9 Å². The van der Waals surface area contributed by atoms with Gasteiger partial charge in [0, 0.05) is 26.8 Å². The molecule has 2 N–H and O–H groups in total. The Hall–Kier alpha value is -0.920. The van der Waals surface area contributed by atoms with E-state index in [1.165, 1.54) is 10.5 Å². The molecule has 6 nitrogen and oxygen atoms in total. The first-order valence-corrected chi connectivity index (χ1v) is 7.20. The van der Waals surface area contributed by atoms with Gasteiger partial charge in [-0.25, -0.2) is 13.4 Å². The standard InChI is InChI=1S/C11H22N4O2S/c1-9-13-10(6-14(9)4)18(16,17)15(5)8-11(2,3)7-12/h6H,7-8,12H2,1-5H3. The minimum Gasteiger partial charge on any atom is -0.337 e. The van der Waals surface area contributed by atoms with E-state index in [1.54, 1.807) is 25.6 Å². The topological polar surface area (TPSA) is 81.2 Å². The molecule has 0 bridgehead atoms. The van der Waals surface area contributed by atoms with Crippen molar-refractivity contribution in [1.29, 1.82) is 0 Å². The Morgan fingerprint density at radius 3 is 2.44 bits per heavy atom. The number of sulfonamides is 1. The molecule has 0 fully saturated rings. The van der Waals surface area contributed by atoms with Gasteiger partial charge in [0.05, 0.1) is 0 Å². The molecule has 0 spiro atoms. The van der Waals surface area contributed by atoms with Crippen molar-refractivity contribution in [2.75, 3.05) is 20.1 Å². The van der Waals surface area contributed by atoms with Crippen LogP contribution in [-0.4, -0.2) is 42.4 Å². The van der Waals surface area contributed by atoms with Gasteiger partial charge in [-0.2, -0.15) is 4.31 Å². The molecule has 0 aliphatic heterocycles. The lowest BCUT2D eigenvalue weighted by molar-refractivity contribution is 0.291. The van der Waals surface area contributed by atoms with Gasteiger partial charge in [-0.1, -0.05) is 13.8 Å². The third kappa shape index (κ3) is 3.09. The van der Waals surface area contributed by atoms with Crippen molar-refractivity contribution in [2.24, 2.45) is 18.2 Å². The Morgan fingerprint density at radius 2 is 2.06 bits per heavy atom. The van der Waals surface area contributed by atoms with Gasteiger partial charge in [-0.05, 0) is 18.9 Å². The van der Waals surface area contributed by atoms with Crippen LogP contribution in [0, 0.1) is 12.3 Å². The molecule has 0 atom stereocenters. The second kappa shape index (κ2) is 4.99. The van der Waals surface area contributed by atoms with Crippen LogP contribution < -0.4 is 5.73 Å². The Kier molecular flexibility index (Phi) is 4.19. The van der Waals surface area contributed by atoms with Crippen LogP contribution in [0.2, 0.25) is 0 Å². The minimum atomic E-state index is -3.54. The fourth-order valence-electron chi connectivity index (χ4n) is 1.56. The van der Waals surface area contributed by atoms with E-state index in [4.69, 9.17) is 5.73 Å². The molecule has 0 amide bonds. The van der Waals surface area contributed by atoms with E-state index in [2.05, 4.69) is 4.98 Å². The van der Waals surface area contributed by atoms with Crippen LogP contribution in [0.1, 0.15) is 19.7 Å². The molecule has 0 aromatic carbocycles. The quantitative estimate of drug-likeness (QED) is 0.839. The van der Waals surface area contributed by atoms with E-state index in [-0.39, 0.29) is 10.4 Å². The first kappa shape index (κ1) is 15.1. The van der Waals surface area contributed by atoms with Crippen molar-refractivity contribution in [3.8, 4) is 0 Å². The van der Waals surface area contributed by atoms with Crippen molar-refractivity contribution < 1.29 is 8.42 Å². The predicted molar refractivity (Wildman–Crippen MR) is 70.6 cm³/mol. The van der Waals surface area contributed by atoms with Crippen molar-refractivity contribution in [3.63, 3.8) is 0 Å². The molecule has 0 aliphatic carbocycles. The molecule has 1 aromatic rings. The van der Waals surface area contributed by atoms with Gasteiger partial charge < -0.3 is 10.3 Å².